The van der Waals surface area contributed by atoms with E-state index in [9.17, 15) is 9.59 Å². The first-order chi connectivity index (χ1) is 15.1. The number of ether oxygens (including phenoxy) is 2. The highest BCUT2D eigenvalue weighted by Crippen LogP contribution is 2.28. The van der Waals surface area contributed by atoms with E-state index in [1.54, 1.807) is 14.0 Å². The molecular formula is C20H27N5O4S2. The monoisotopic (exact) mass is 465 g/mol. The van der Waals surface area contributed by atoms with Crippen LogP contribution in [0.2, 0.25) is 0 Å². The summed E-state index contributed by atoms with van der Waals surface area (Å²) in [6.07, 6.45) is -0.534. The number of carbonyl (C=O) groups is 2. The Kier molecular flexibility index (Phi) is 8.92. The van der Waals surface area contributed by atoms with E-state index >= 15 is 0 Å². The number of hydrogen-bond acceptors (Lipinski definition) is 9. The van der Waals surface area contributed by atoms with Gasteiger partial charge < -0.3 is 24.6 Å². The molecule has 0 spiro atoms. The van der Waals surface area contributed by atoms with Gasteiger partial charge in [-0.1, -0.05) is 41.3 Å². The zero-order valence-electron chi connectivity index (χ0n) is 17.7. The topological polar surface area (TPSA) is 96.9 Å². The molecule has 11 heteroatoms. The minimum absolute atomic E-state index is 0.0171. The van der Waals surface area contributed by atoms with Crippen LogP contribution < -0.4 is 15.0 Å². The predicted molar refractivity (Wildman–Crippen MR) is 121 cm³/mol. The Hall–Kier alpha value is -2.37. The number of anilines is 1. The van der Waals surface area contributed by atoms with E-state index in [0.29, 0.717) is 50.8 Å². The van der Waals surface area contributed by atoms with Gasteiger partial charge in [-0.2, -0.15) is 0 Å². The van der Waals surface area contributed by atoms with Gasteiger partial charge in [0.25, 0.3) is 5.91 Å². The number of aromatic nitrogens is 2. The first-order valence-electron chi connectivity index (χ1n) is 10.0. The lowest BCUT2D eigenvalue weighted by Crippen LogP contribution is -2.52. The maximum atomic E-state index is 12.7. The van der Waals surface area contributed by atoms with E-state index in [0.717, 1.165) is 9.47 Å². The van der Waals surface area contributed by atoms with Crippen LogP contribution in [0.5, 0.6) is 5.75 Å². The van der Waals surface area contributed by atoms with Crippen molar-refractivity contribution in [3.63, 3.8) is 0 Å². The van der Waals surface area contributed by atoms with E-state index < -0.39 is 6.10 Å². The Morgan fingerprint density at radius 3 is 2.65 bits per heavy atom. The molecule has 31 heavy (non-hydrogen) atoms. The minimum atomic E-state index is -0.534. The van der Waals surface area contributed by atoms with Gasteiger partial charge in [0, 0.05) is 39.8 Å². The molecule has 1 N–H and O–H groups in total. The highest BCUT2D eigenvalue weighted by atomic mass is 32.2. The second-order valence-electron chi connectivity index (χ2n) is 6.87. The lowest BCUT2D eigenvalue weighted by atomic mass is 10.2. The highest BCUT2D eigenvalue weighted by molar-refractivity contribution is 8.01. The molecule has 1 aliphatic rings. The number of methoxy groups -OCH3 is 1. The van der Waals surface area contributed by atoms with Gasteiger partial charge in [-0.25, -0.2) is 0 Å². The molecule has 1 aliphatic heterocycles. The molecule has 1 fully saturated rings. The Bertz CT molecular complexity index is 843. The SMILES string of the molecule is COCCNC(=O)CSc1nnc(N2CCN(C(=O)C(C)Oc3ccccc3)CC2)s1. The lowest BCUT2D eigenvalue weighted by Gasteiger charge is -2.35. The van der Waals surface area contributed by atoms with Gasteiger partial charge in [-0.3, -0.25) is 9.59 Å². The van der Waals surface area contributed by atoms with Gasteiger partial charge in [-0.05, 0) is 19.1 Å². The van der Waals surface area contributed by atoms with Crippen LogP contribution in [0, 0.1) is 0 Å². The van der Waals surface area contributed by atoms with Crippen LogP contribution in [-0.4, -0.2) is 85.2 Å². The molecule has 1 aromatic carbocycles. The van der Waals surface area contributed by atoms with E-state index in [1.807, 2.05) is 35.2 Å². The standard InChI is InChI=1S/C20H27N5O4S2/c1-15(29-16-6-4-3-5-7-16)18(27)24-9-11-25(12-10-24)19-22-23-20(31-19)30-14-17(26)21-8-13-28-2/h3-7,15H,8-14H2,1-2H3,(H,21,26). The van der Waals surface area contributed by atoms with Crippen molar-refractivity contribution in [3.8, 4) is 5.75 Å². The Balaban J connectivity index is 1.42. The number of amides is 2. The molecule has 2 amide bonds. The van der Waals surface area contributed by atoms with Gasteiger partial charge in [0.15, 0.2) is 10.4 Å². The van der Waals surface area contributed by atoms with Crippen molar-refractivity contribution in [3.05, 3.63) is 30.3 Å². The van der Waals surface area contributed by atoms with Gasteiger partial charge in [-0.15, -0.1) is 10.2 Å². The normalized spacial score (nSPS) is 14.9. The van der Waals surface area contributed by atoms with E-state index in [2.05, 4.69) is 20.4 Å². The van der Waals surface area contributed by atoms with Crippen molar-refractivity contribution in [2.45, 2.75) is 17.4 Å². The van der Waals surface area contributed by atoms with E-state index in [1.165, 1.54) is 23.1 Å². The number of carbonyl (C=O) groups excluding carboxylic acids is 2. The molecule has 0 bridgehead atoms. The second kappa shape index (κ2) is 11.9. The number of piperazine rings is 1. The van der Waals surface area contributed by atoms with Crippen molar-refractivity contribution in [2.24, 2.45) is 0 Å². The summed E-state index contributed by atoms with van der Waals surface area (Å²) in [7, 11) is 1.60. The molecule has 1 aromatic heterocycles. The number of hydrogen-bond donors (Lipinski definition) is 1. The van der Waals surface area contributed by atoms with Crippen molar-refractivity contribution >= 4 is 40.0 Å². The smallest absolute Gasteiger partial charge is 0.263 e. The average molecular weight is 466 g/mol. The fourth-order valence-electron chi connectivity index (χ4n) is 2.99. The molecule has 1 atom stereocenters. The average Bonchev–Trinajstić information content (AvgIpc) is 3.27. The summed E-state index contributed by atoms with van der Waals surface area (Å²) in [4.78, 5) is 28.4. The molecule has 0 saturated carbocycles. The number of para-hydroxylation sites is 1. The van der Waals surface area contributed by atoms with Crippen LogP contribution in [0.4, 0.5) is 5.13 Å². The minimum Gasteiger partial charge on any atom is -0.481 e. The van der Waals surface area contributed by atoms with Gasteiger partial charge >= 0.3 is 0 Å². The van der Waals surface area contributed by atoms with Crippen LogP contribution in [0.3, 0.4) is 0 Å². The van der Waals surface area contributed by atoms with E-state index in [-0.39, 0.29) is 11.8 Å². The van der Waals surface area contributed by atoms with Crippen molar-refractivity contribution in [2.75, 3.05) is 57.1 Å². The van der Waals surface area contributed by atoms with Gasteiger partial charge in [0.05, 0.1) is 12.4 Å². The first kappa shape index (κ1) is 23.3. The quantitative estimate of drug-likeness (QED) is 0.417. The second-order valence-corrected chi connectivity index (χ2v) is 9.05. The summed E-state index contributed by atoms with van der Waals surface area (Å²) in [5.74, 6) is 0.905. The molecule has 0 radical (unpaired) electrons. The van der Waals surface area contributed by atoms with Crippen molar-refractivity contribution in [1.82, 2.24) is 20.4 Å². The number of nitrogens with one attached hydrogen (secondary N) is 1. The largest absolute Gasteiger partial charge is 0.481 e. The molecule has 3 rings (SSSR count). The third-order valence-corrected chi connectivity index (χ3v) is 6.73. The zero-order valence-corrected chi connectivity index (χ0v) is 19.3. The van der Waals surface area contributed by atoms with Crippen molar-refractivity contribution < 1.29 is 19.1 Å². The first-order valence-corrected chi connectivity index (χ1v) is 11.8. The summed E-state index contributed by atoms with van der Waals surface area (Å²) in [5, 5.41) is 12.0. The lowest BCUT2D eigenvalue weighted by molar-refractivity contribution is -0.138. The Labute approximate surface area is 190 Å². The van der Waals surface area contributed by atoms with Crippen molar-refractivity contribution in [1.29, 1.82) is 0 Å². The number of rotatable bonds is 10. The van der Waals surface area contributed by atoms with Gasteiger partial charge in [0.2, 0.25) is 11.0 Å². The summed E-state index contributed by atoms with van der Waals surface area (Å²) < 4.78 is 11.4. The van der Waals surface area contributed by atoms with Gasteiger partial charge in [0.1, 0.15) is 5.75 Å². The molecule has 1 saturated heterocycles. The maximum Gasteiger partial charge on any atom is 0.263 e. The number of nitrogens with zero attached hydrogens (tertiary/aromatic N) is 4. The molecule has 168 valence electrons. The third kappa shape index (κ3) is 7.08. The maximum absolute atomic E-state index is 12.7. The van der Waals surface area contributed by atoms with E-state index in [4.69, 9.17) is 9.47 Å². The molecule has 9 nitrogen and oxygen atoms in total. The number of thioether (sulfide) groups is 1. The summed E-state index contributed by atoms with van der Waals surface area (Å²) in [5.41, 5.74) is 0. The molecular weight excluding hydrogens is 438 g/mol. The zero-order chi connectivity index (χ0) is 22.1. The summed E-state index contributed by atoms with van der Waals surface area (Å²) in [6.45, 7) is 5.33. The fourth-order valence-corrected chi connectivity index (χ4v) is 4.71. The Morgan fingerprint density at radius 1 is 1.19 bits per heavy atom. The molecule has 2 heterocycles. The third-order valence-electron chi connectivity index (χ3n) is 4.62. The van der Waals surface area contributed by atoms with Crippen LogP contribution >= 0.6 is 23.1 Å². The van der Waals surface area contributed by atoms with Crippen LogP contribution in [-0.2, 0) is 14.3 Å². The molecule has 1 unspecified atom stereocenters. The van der Waals surface area contributed by atoms with Crippen LogP contribution in [0.1, 0.15) is 6.92 Å². The predicted octanol–water partition coefficient (Wildman–Crippen LogP) is 1.51. The Morgan fingerprint density at radius 2 is 1.94 bits per heavy atom. The summed E-state index contributed by atoms with van der Waals surface area (Å²) >= 11 is 2.83. The molecule has 0 aliphatic carbocycles. The summed E-state index contributed by atoms with van der Waals surface area (Å²) in [6, 6.07) is 9.36. The highest BCUT2D eigenvalue weighted by Gasteiger charge is 2.27. The fraction of sp³-hybridized carbons (Fsp3) is 0.500. The number of benzene rings is 1. The van der Waals surface area contributed by atoms with Crippen LogP contribution in [0.25, 0.3) is 0 Å². The molecule has 2 aromatic rings. The van der Waals surface area contributed by atoms with Crippen LogP contribution in [0.15, 0.2) is 34.7 Å².